The molecule has 5 nitrogen and oxygen atoms in total. The lowest BCUT2D eigenvalue weighted by molar-refractivity contribution is -0.125. The lowest BCUT2D eigenvalue weighted by Gasteiger charge is -2.36. The number of halogens is 3. The second-order valence-corrected chi connectivity index (χ2v) is 7.93. The molecule has 3 N–H and O–H groups in total. The molecule has 1 aliphatic carbocycles. The predicted octanol–water partition coefficient (Wildman–Crippen LogP) is 4.19. The van der Waals surface area contributed by atoms with Crippen LogP contribution in [0, 0.1) is 11.3 Å². The fourth-order valence-electron chi connectivity index (χ4n) is 3.85. The van der Waals surface area contributed by atoms with Gasteiger partial charge in [-0.1, -0.05) is 19.9 Å². The number of benzene rings is 1. The zero-order valence-corrected chi connectivity index (χ0v) is 20.0. The Bertz CT molecular complexity index is 607. The Balaban J connectivity index is 0.00000261. The molecule has 0 spiro atoms. The molecule has 0 bridgehead atoms. The van der Waals surface area contributed by atoms with E-state index in [1.165, 1.54) is 25.1 Å². The van der Waals surface area contributed by atoms with E-state index < -0.39 is 5.41 Å². The van der Waals surface area contributed by atoms with Crippen LogP contribution in [0.25, 0.3) is 0 Å². The summed E-state index contributed by atoms with van der Waals surface area (Å²) in [5.41, 5.74) is 7.50. The third-order valence-electron chi connectivity index (χ3n) is 6.28. The van der Waals surface area contributed by atoms with Crippen LogP contribution < -0.4 is 16.0 Å². The molecule has 0 radical (unpaired) electrons. The number of anilines is 2. The standard InChI is InChI=1S/C21H34N4O.3ClH/c1-3-21(4-2,16-22)20(26)23-18-6-5-7-19(14-18)25-12-10-24(11-13-25)15-17-8-9-17;;;/h5-7,14,17H,3-4,8-13,15-16,22H2,1-2H3,(H,23,26);3*1H. The molecule has 1 amide bonds. The quantitative estimate of drug-likeness (QED) is 0.602. The maximum Gasteiger partial charge on any atom is 0.231 e. The summed E-state index contributed by atoms with van der Waals surface area (Å²) in [6.07, 6.45) is 4.35. The van der Waals surface area contributed by atoms with Gasteiger partial charge in [-0.3, -0.25) is 9.69 Å². The van der Waals surface area contributed by atoms with Gasteiger partial charge in [0.05, 0.1) is 5.41 Å². The zero-order chi connectivity index (χ0) is 18.6. The van der Waals surface area contributed by atoms with Gasteiger partial charge in [-0.05, 0) is 49.8 Å². The fourth-order valence-corrected chi connectivity index (χ4v) is 3.85. The molecular weight excluding hydrogens is 431 g/mol. The highest BCUT2D eigenvalue weighted by atomic mass is 35.5. The molecule has 2 fully saturated rings. The number of hydrogen-bond acceptors (Lipinski definition) is 4. The van der Waals surface area contributed by atoms with Crippen molar-refractivity contribution in [2.75, 3.05) is 49.5 Å². The van der Waals surface area contributed by atoms with Crippen LogP contribution in [0.4, 0.5) is 11.4 Å². The van der Waals surface area contributed by atoms with Crippen molar-refractivity contribution >= 4 is 54.5 Å². The van der Waals surface area contributed by atoms with Crippen molar-refractivity contribution in [1.82, 2.24) is 4.90 Å². The molecule has 8 heteroatoms. The van der Waals surface area contributed by atoms with Gasteiger partial charge < -0.3 is 16.0 Å². The van der Waals surface area contributed by atoms with E-state index in [1.54, 1.807) is 0 Å². The van der Waals surface area contributed by atoms with Crippen molar-refractivity contribution in [2.45, 2.75) is 39.5 Å². The Labute approximate surface area is 194 Å². The van der Waals surface area contributed by atoms with E-state index in [1.807, 2.05) is 26.0 Å². The Morgan fingerprint density at radius 2 is 1.72 bits per heavy atom. The topological polar surface area (TPSA) is 61.6 Å². The molecule has 1 saturated carbocycles. The maximum atomic E-state index is 12.8. The van der Waals surface area contributed by atoms with Gasteiger partial charge in [0, 0.05) is 50.6 Å². The molecule has 1 aromatic carbocycles. The number of piperazine rings is 1. The summed E-state index contributed by atoms with van der Waals surface area (Å²) in [6, 6.07) is 8.24. The predicted molar refractivity (Wildman–Crippen MR) is 130 cm³/mol. The first-order valence-electron chi connectivity index (χ1n) is 10.2. The second kappa shape index (κ2) is 12.9. The van der Waals surface area contributed by atoms with E-state index in [-0.39, 0.29) is 43.1 Å². The highest BCUT2D eigenvalue weighted by Crippen LogP contribution is 2.31. The molecule has 1 aliphatic heterocycles. The summed E-state index contributed by atoms with van der Waals surface area (Å²) in [4.78, 5) is 17.8. The third-order valence-corrected chi connectivity index (χ3v) is 6.28. The number of amides is 1. The summed E-state index contributed by atoms with van der Waals surface area (Å²) in [7, 11) is 0. The van der Waals surface area contributed by atoms with Crippen LogP contribution in [0.5, 0.6) is 0 Å². The number of nitrogens with one attached hydrogen (secondary N) is 1. The smallest absolute Gasteiger partial charge is 0.231 e. The molecule has 0 unspecified atom stereocenters. The molecule has 3 rings (SSSR count). The lowest BCUT2D eigenvalue weighted by atomic mass is 9.81. The first kappa shape index (κ1) is 28.3. The van der Waals surface area contributed by atoms with Crippen molar-refractivity contribution in [3.8, 4) is 0 Å². The van der Waals surface area contributed by atoms with Gasteiger partial charge in [0.15, 0.2) is 0 Å². The van der Waals surface area contributed by atoms with Crippen LogP contribution in [0.3, 0.4) is 0 Å². The Hall–Kier alpha value is -0.720. The normalized spacial score (nSPS) is 16.9. The average Bonchev–Trinajstić information content (AvgIpc) is 3.48. The molecule has 29 heavy (non-hydrogen) atoms. The second-order valence-electron chi connectivity index (χ2n) is 7.93. The van der Waals surface area contributed by atoms with Crippen molar-refractivity contribution in [1.29, 1.82) is 0 Å². The van der Waals surface area contributed by atoms with Crippen LogP contribution in [0.15, 0.2) is 24.3 Å². The van der Waals surface area contributed by atoms with Crippen LogP contribution in [0.2, 0.25) is 0 Å². The Kier molecular flexibility index (Phi) is 12.5. The summed E-state index contributed by atoms with van der Waals surface area (Å²) in [5, 5.41) is 3.10. The highest BCUT2D eigenvalue weighted by Gasteiger charge is 2.33. The van der Waals surface area contributed by atoms with Gasteiger partial charge in [-0.15, -0.1) is 37.2 Å². The van der Waals surface area contributed by atoms with Gasteiger partial charge in [0.2, 0.25) is 5.91 Å². The molecule has 1 aromatic rings. The van der Waals surface area contributed by atoms with Gasteiger partial charge in [0.25, 0.3) is 0 Å². The number of carbonyl (C=O) groups is 1. The zero-order valence-electron chi connectivity index (χ0n) is 17.6. The number of carbonyl (C=O) groups excluding carboxylic acids is 1. The fraction of sp³-hybridized carbons (Fsp3) is 0.667. The summed E-state index contributed by atoms with van der Waals surface area (Å²) < 4.78 is 0. The minimum absolute atomic E-state index is 0. The number of nitrogens with two attached hydrogens (primary N) is 1. The van der Waals surface area contributed by atoms with Crippen molar-refractivity contribution in [3.05, 3.63) is 24.3 Å². The molecule has 1 heterocycles. The first-order valence-corrected chi connectivity index (χ1v) is 10.2. The Morgan fingerprint density at radius 3 is 2.24 bits per heavy atom. The number of hydrogen-bond donors (Lipinski definition) is 2. The molecule has 1 saturated heterocycles. The first-order chi connectivity index (χ1) is 12.6. The van der Waals surface area contributed by atoms with E-state index >= 15 is 0 Å². The minimum Gasteiger partial charge on any atom is -0.369 e. The van der Waals surface area contributed by atoms with Crippen molar-refractivity contribution in [3.63, 3.8) is 0 Å². The summed E-state index contributed by atoms with van der Waals surface area (Å²) >= 11 is 0. The average molecular weight is 468 g/mol. The van der Waals surface area contributed by atoms with E-state index in [4.69, 9.17) is 5.73 Å². The third kappa shape index (κ3) is 7.18. The van der Waals surface area contributed by atoms with Crippen LogP contribution in [0.1, 0.15) is 39.5 Å². The minimum atomic E-state index is -0.468. The van der Waals surface area contributed by atoms with Crippen LogP contribution >= 0.6 is 37.2 Å². The van der Waals surface area contributed by atoms with Crippen LogP contribution in [-0.4, -0.2) is 50.1 Å². The molecule has 0 atom stereocenters. The number of nitrogens with zero attached hydrogens (tertiary/aromatic N) is 2. The Morgan fingerprint density at radius 1 is 1.10 bits per heavy atom. The van der Waals surface area contributed by atoms with E-state index in [0.29, 0.717) is 6.54 Å². The SMILES string of the molecule is CCC(CC)(CN)C(=O)Nc1cccc(N2CCN(CC3CC3)CC2)c1.Cl.Cl.Cl. The van der Waals surface area contributed by atoms with Gasteiger partial charge in [-0.2, -0.15) is 0 Å². The van der Waals surface area contributed by atoms with Gasteiger partial charge in [0.1, 0.15) is 0 Å². The highest BCUT2D eigenvalue weighted by molar-refractivity contribution is 5.95. The molecule has 0 aromatic heterocycles. The van der Waals surface area contributed by atoms with Crippen molar-refractivity contribution in [2.24, 2.45) is 17.1 Å². The van der Waals surface area contributed by atoms with Crippen LogP contribution in [-0.2, 0) is 4.79 Å². The van der Waals surface area contributed by atoms with E-state index in [0.717, 1.165) is 50.6 Å². The summed E-state index contributed by atoms with van der Waals surface area (Å²) in [5.74, 6) is 0.997. The summed E-state index contributed by atoms with van der Waals surface area (Å²) in [6.45, 7) is 10.1. The van der Waals surface area contributed by atoms with E-state index in [9.17, 15) is 4.79 Å². The number of rotatable bonds is 8. The maximum absolute atomic E-state index is 12.8. The monoisotopic (exact) mass is 466 g/mol. The van der Waals surface area contributed by atoms with E-state index in [2.05, 4.69) is 27.2 Å². The molecular formula is C21H37Cl3N4O. The van der Waals surface area contributed by atoms with Crippen molar-refractivity contribution < 1.29 is 4.79 Å². The molecule has 2 aliphatic rings. The van der Waals surface area contributed by atoms with Gasteiger partial charge in [-0.25, -0.2) is 0 Å². The molecule has 168 valence electrons. The van der Waals surface area contributed by atoms with Gasteiger partial charge >= 0.3 is 0 Å². The largest absolute Gasteiger partial charge is 0.369 e. The lowest BCUT2D eigenvalue weighted by Crippen LogP contribution is -2.47.